The molecule has 1 heterocycles. The Morgan fingerprint density at radius 2 is 1.84 bits per heavy atom. The Morgan fingerprint density at radius 3 is 2.48 bits per heavy atom. The van der Waals surface area contributed by atoms with Gasteiger partial charge in [0.25, 0.3) is 0 Å². The molecule has 1 N–H and O–H groups in total. The maximum Gasteiger partial charge on any atom is 0.573 e. The Hall–Kier alpha value is -2.22. The summed E-state index contributed by atoms with van der Waals surface area (Å²) in [6, 6.07) is 12.0. The van der Waals surface area contributed by atoms with E-state index in [-0.39, 0.29) is 17.2 Å². The number of nitrogens with one attached hydrogen (secondary N) is 1. The van der Waals surface area contributed by atoms with Crippen LogP contribution in [-0.2, 0) is 0 Å². The summed E-state index contributed by atoms with van der Waals surface area (Å²) >= 11 is 3.51. The summed E-state index contributed by atoms with van der Waals surface area (Å²) in [5.74, 6) is 1.03. The molecule has 4 rings (SSSR count). The van der Waals surface area contributed by atoms with E-state index in [1.165, 1.54) is 18.6 Å². The molecule has 0 unspecified atom stereocenters. The van der Waals surface area contributed by atoms with Gasteiger partial charge in [0.2, 0.25) is 5.95 Å². The van der Waals surface area contributed by atoms with Crippen LogP contribution in [0.1, 0.15) is 46.1 Å². The van der Waals surface area contributed by atoms with E-state index in [9.17, 15) is 13.2 Å². The second kappa shape index (κ2) is 8.04. The van der Waals surface area contributed by atoms with Gasteiger partial charge in [-0.05, 0) is 73.1 Å². The van der Waals surface area contributed by atoms with Crippen molar-refractivity contribution in [1.82, 2.24) is 9.55 Å². The standard InChI is InChI=1S/C23H25BrF3N3O/c1-14-10-17(13-22(2,3)12-14)30-20-9-4-15(24)11-19(20)29-21(30)28-16-5-7-18(8-6-16)31-23(25,26)27/h4-9,11,14,17H,10,12-13H2,1-3H3,(H,28,29)/t14-,17+/m0/s1. The highest BCUT2D eigenvalue weighted by Gasteiger charge is 2.35. The molecule has 1 saturated carbocycles. The summed E-state index contributed by atoms with van der Waals surface area (Å²) in [5.41, 5.74) is 2.78. The van der Waals surface area contributed by atoms with Gasteiger partial charge in [0, 0.05) is 16.2 Å². The molecule has 0 saturated heterocycles. The topological polar surface area (TPSA) is 39.1 Å². The minimum atomic E-state index is -4.71. The maximum atomic E-state index is 12.4. The lowest BCUT2D eigenvalue weighted by atomic mass is 9.70. The lowest BCUT2D eigenvalue weighted by molar-refractivity contribution is -0.274. The number of aromatic nitrogens is 2. The van der Waals surface area contributed by atoms with Gasteiger partial charge in [0.1, 0.15) is 5.75 Å². The zero-order valence-electron chi connectivity index (χ0n) is 17.6. The first-order valence-electron chi connectivity index (χ1n) is 10.3. The van der Waals surface area contributed by atoms with Gasteiger partial charge >= 0.3 is 6.36 Å². The number of halogens is 4. The van der Waals surface area contributed by atoms with Crippen LogP contribution in [0, 0.1) is 11.3 Å². The van der Waals surface area contributed by atoms with Gasteiger partial charge in [-0.2, -0.15) is 0 Å². The number of hydrogen-bond donors (Lipinski definition) is 1. The van der Waals surface area contributed by atoms with E-state index >= 15 is 0 Å². The zero-order chi connectivity index (χ0) is 22.4. The monoisotopic (exact) mass is 495 g/mol. The lowest BCUT2D eigenvalue weighted by Gasteiger charge is -2.40. The number of ether oxygens (including phenoxy) is 1. The van der Waals surface area contributed by atoms with Crippen molar-refractivity contribution in [1.29, 1.82) is 0 Å². The fourth-order valence-corrected chi connectivity index (χ4v) is 5.24. The van der Waals surface area contributed by atoms with E-state index < -0.39 is 6.36 Å². The summed E-state index contributed by atoms with van der Waals surface area (Å²) in [6.07, 6.45) is -1.43. The molecule has 0 spiro atoms. The SMILES string of the molecule is C[C@H]1C[C@@H](n2c(Nc3ccc(OC(F)(F)F)cc3)nc3cc(Br)ccc32)CC(C)(C)C1. The van der Waals surface area contributed by atoms with E-state index in [4.69, 9.17) is 4.98 Å². The van der Waals surface area contributed by atoms with Crippen LogP contribution < -0.4 is 10.1 Å². The molecule has 1 aliphatic carbocycles. The smallest absolute Gasteiger partial charge is 0.406 e. The van der Waals surface area contributed by atoms with Gasteiger partial charge in [0.05, 0.1) is 11.0 Å². The van der Waals surface area contributed by atoms with Crippen LogP contribution in [0.3, 0.4) is 0 Å². The number of fused-ring (bicyclic) bond motifs is 1. The molecule has 0 bridgehead atoms. The fraction of sp³-hybridized carbons (Fsp3) is 0.435. The second-order valence-electron chi connectivity index (χ2n) is 9.20. The molecule has 1 fully saturated rings. The third-order valence-corrected chi connectivity index (χ3v) is 6.22. The fourth-order valence-electron chi connectivity index (χ4n) is 4.89. The quantitative estimate of drug-likeness (QED) is 0.400. The van der Waals surface area contributed by atoms with E-state index in [1.807, 2.05) is 12.1 Å². The Morgan fingerprint density at radius 1 is 1.13 bits per heavy atom. The molecule has 2 aromatic carbocycles. The Kier molecular flexibility index (Phi) is 5.70. The van der Waals surface area contributed by atoms with Crippen LogP contribution in [0.15, 0.2) is 46.9 Å². The largest absolute Gasteiger partial charge is 0.573 e. The Balaban J connectivity index is 1.70. The van der Waals surface area contributed by atoms with Crippen LogP contribution in [0.5, 0.6) is 5.75 Å². The van der Waals surface area contributed by atoms with Crippen molar-refractivity contribution in [3.8, 4) is 5.75 Å². The van der Waals surface area contributed by atoms with E-state index in [0.717, 1.165) is 28.3 Å². The lowest BCUT2D eigenvalue weighted by Crippen LogP contribution is -2.29. The van der Waals surface area contributed by atoms with Gasteiger partial charge in [-0.25, -0.2) is 4.98 Å². The summed E-state index contributed by atoms with van der Waals surface area (Å²) in [6.45, 7) is 6.89. The molecule has 0 amide bonds. The number of hydrogen-bond acceptors (Lipinski definition) is 3. The summed E-state index contributed by atoms with van der Waals surface area (Å²) < 4.78 is 44.5. The molecule has 0 aliphatic heterocycles. The van der Waals surface area contributed by atoms with E-state index in [2.05, 4.69) is 57.4 Å². The van der Waals surface area contributed by atoms with Crippen LogP contribution >= 0.6 is 15.9 Å². The molecular weight excluding hydrogens is 471 g/mol. The van der Waals surface area contributed by atoms with Gasteiger partial charge in [-0.1, -0.05) is 36.7 Å². The first kappa shape index (κ1) is 22.0. The maximum absolute atomic E-state index is 12.4. The highest BCUT2D eigenvalue weighted by Crippen LogP contribution is 2.46. The van der Waals surface area contributed by atoms with Crippen molar-refractivity contribution >= 4 is 38.6 Å². The van der Waals surface area contributed by atoms with Gasteiger partial charge < -0.3 is 14.6 Å². The first-order chi connectivity index (χ1) is 14.5. The third-order valence-electron chi connectivity index (χ3n) is 5.72. The summed E-state index contributed by atoms with van der Waals surface area (Å²) in [5, 5.41) is 3.31. The van der Waals surface area contributed by atoms with Gasteiger partial charge in [-0.15, -0.1) is 13.2 Å². The highest BCUT2D eigenvalue weighted by molar-refractivity contribution is 9.10. The number of anilines is 2. The number of imidazole rings is 1. The molecule has 8 heteroatoms. The van der Waals surface area contributed by atoms with E-state index in [1.54, 1.807) is 12.1 Å². The summed E-state index contributed by atoms with van der Waals surface area (Å²) in [7, 11) is 0. The van der Waals surface area contributed by atoms with Gasteiger partial charge in [-0.3, -0.25) is 0 Å². The molecule has 1 aliphatic rings. The molecule has 166 valence electrons. The number of rotatable bonds is 4. The van der Waals surface area contributed by atoms with Crippen LogP contribution in [0.2, 0.25) is 0 Å². The van der Waals surface area contributed by atoms with Crippen molar-refractivity contribution in [2.45, 2.75) is 52.4 Å². The molecule has 2 atom stereocenters. The highest BCUT2D eigenvalue weighted by atomic mass is 79.9. The first-order valence-corrected chi connectivity index (χ1v) is 11.1. The molecule has 31 heavy (non-hydrogen) atoms. The predicted molar refractivity (Wildman–Crippen MR) is 120 cm³/mol. The van der Waals surface area contributed by atoms with E-state index in [0.29, 0.717) is 17.6 Å². The number of alkyl halides is 3. The minimum absolute atomic E-state index is 0.224. The Labute approximate surface area is 187 Å². The van der Waals surface area contributed by atoms with Crippen LogP contribution in [0.25, 0.3) is 11.0 Å². The molecule has 0 radical (unpaired) electrons. The van der Waals surface area contributed by atoms with Crippen molar-refractivity contribution in [3.63, 3.8) is 0 Å². The average molecular weight is 496 g/mol. The van der Waals surface area contributed by atoms with Crippen molar-refractivity contribution in [2.24, 2.45) is 11.3 Å². The normalized spacial score (nSPS) is 21.3. The Bertz CT molecular complexity index is 1080. The summed E-state index contributed by atoms with van der Waals surface area (Å²) in [4.78, 5) is 4.81. The molecule has 4 nitrogen and oxygen atoms in total. The van der Waals surface area contributed by atoms with Gasteiger partial charge in [0.15, 0.2) is 0 Å². The number of nitrogens with zero attached hydrogens (tertiary/aromatic N) is 2. The van der Waals surface area contributed by atoms with Crippen LogP contribution in [0.4, 0.5) is 24.8 Å². The molecular formula is C23H25BrF3N3O. The van der Waals surface area contributed by atoms with Crippen LogP contribution in [-0.4, -0.2) is 15.9 Å². The minimum Gasteiger partial charge on any atom is -0.406 e. The average Bonchev–Trinajstić information content (AvgIpc) is 2.97. The predicted octanol–water partition coefficient (Wildman–Crippen LogP) is 7.83. The second-order valence-corrected chi connectivity index (χ2v) is 10.1. The van der Waals surface area contributed by atoms with Crippen molar-refractivity contribution in [2.75, 3.05) is 5.32 Å². The van der Waals surface area contributed by atoms with Crippen molar-refractivity contribution < 1.29 is 17.9 Å². The third kappa shape index (κ3) is 5.17. The zero-order valence-corrected chi connectivity index (χ0v) is 19.2. The van der Waals surface area contributed by atoms with Crippen molar-refractivity contribution in [3.05, 3.63) is 46.9 Å². The molecule has 3 aromatic rings. The molecule has 1 aromatic heterocycles. The number of benzene rings is 2.